The topological polar surface area (TPSA) is 21.6 Å². The Morgan fingerprint density at radius 3 is 1.81 bits per heavy atom. The minimum Gasteiger partial charge on any atom is -0.497 e. The van der Waals surface area contributed by atoms with Gasteiger partial charge in [-0.1, -0.05) is 109 Å². The number of nitrogens with zero attached hydrogens (tertiary/aromatic N) is 1. The maximum absolute atomic E-state index is 5.45. The van der Waals surface area contributed by atoms with E-state index in [1.807, 2.05) is 60.8 Å². The van der Waals surface area contributed by atoms with Gasteiger partial charge in [-0.05, 0) is 23.3 Å². The third-order valence-corrected chi connectivity index (χ3v) is 5.19. The number of hydrogen-bond donors (Lipinski definition) is 0. The van der Waals surface area contributed by atoms with Gasteiger partial charge in [-0.2, -0.15) is 0 Å². The summed E-state index contributed by atoms with van der Waals surface area (Å²) in [7, 11) is 1.70. The predicted molar refractivity (Wildman–Crippen MR) is 129 cm³/mol. The lowest BCUT2D eigenvalue weighted by Crippen LogP contribution is -2.02. The van der Waals surface area contributed by atoms with Crippen molar-refractivity contribution in [3.63, 3.8) is 0 Å². The lowest BCUT2D eigenvalue weighted by Gasteiger charge is -2.15. The van der Waals surface area contributed by atoms with Crippen LogP contribution in [0.25, 0.3) is 0 Å². The van der Waals surface area contributed by atoms with Crippen molar-refractivity contribution >= 4 is 5.71 Å². The Labute approximate surface area is 184 Å². The highest BCUT2D eigenvalue weighted by Crippen LogP contribution is 2.28. The molecule has 0 saturated carbocycles. The molecule has 1 atom stereocenters. The number of aliphatic imine (C=N–C) groups is 1. The minimum atomic E-state index is 0.0767. The first kappa shape index (κ1) is 20.4. The Bertz CT molecular complexity index is 1110. The number of ether oxygens (including phenoxy) is 1. The third kappa shape index (κ3) is 5.18. The molecule has 152 valence electrons. The summed E-state index contributed by atoms with van der Waals surface area (Å²) in [6.45, 7) is 0. The fraction of sp³-hybridized carbons (Fsp3) is 0.0690. The van der Waals surface area contributed by atoms with E-state index in [-0.39, 0.29) is 5.92 Å². The van der Waals surface area contributed by atoms with Crippen molar-refractivity contribution in [2.24, 2.45) is 4.99 Å². The monoisotopic (exact) mass is 403 g/mol. The quantitative estimate of drug-likeness (QED) is 0.308. The van der Waals surface area contributed by atoms with Crippen LogP contribution in [0.4, 0.5) is 0 Å². The molecule has 0 aliphatic rings. The number of benzene rings is 4. The van der Waals surface area contributed by atoms with Crippen molar-refractivity contribution in [2.45, 2.75) is 5.92 Å². The SMILES string of the molecule is COc1cccc(C(/C=C/N=C(c2ccccc2)c2ccccc2)c2ccccc2)c1. The van der Waals surface area contributed by atoms with Gasteiger partial charge >= 0.3 is 0 Å². The Hall–Kier alpha value is -3.91. The summed E-state index contributed by atoms with van der Waals surface area (Å²) in [4.78, 5) is 4.90. The van der Waals surface area contributed by atoms with Crippen molar-refractivity contribution in [3.05, 3.63) is 150 Å². The van der Waals surface area contributed by atoms with Crippen LogP contribution in [0.5, 0.6) is 5.75 Å². The summed E-state index contributed by atoms with van der Waals surface area (Å²) in [5, 5.41) is 0. The molecule has 0 radical (unpaired) electrons. The molecule has 0 aromatic heterocycles. The van der Waals surface area contributed by atoms with Gasteiger partial charge in [0.15, 0.2) is 0 Å². The van der Waals surface area contributed by atoms with Gasteiger partial charge in [-0.25, -0.2) is 0 Å². The van der Waals surface area contributed by atoms with Crippen molar-refractivity contribution in [3.8, 4) is 5.75 Å². The van der Waals surface area contributed by atoms with Gasteiger partial charge in [0.25, 0.3) is 0 Å². The van der Waals surface area contributed by atoms with E-state index < -0.39 is 0 Å². The molecule has 4 aromatic rings. The van der Waals surface area contributed by atoms with Gasteiger partial charge in [-0.3, -0.25) is 4.99 Å². The van der Waals surface area contributed by atoms with Crippen LogP contribution in [0.15, 0.2) is 133 Å². The zero-order chi connectivity index (χ0) is 21.3. The van der Waals surface area contributed by atoms with E-state index in [1.54, 1.807) is 7.11 Å². The van der Waals surface area contributed by atoms with E-state index >= 15 is 0 Å². The minimum absolute atomic E-state index is 0.0767. The molecule has 4 rings (SSSR count). The molecule has 2 heteroatoms. The highest BCUT2D eigenvalue weighted by atomic mass is 16.5. The molecule has 1 unspecified atom stereocenters. The first-order chi connectivity index (χ1) is 15.3. The first-order valence-corrected chi connectivity index (χ1v) is 10.4. The predicted octanol–water partition coefficient (Wildman–Crippen LogP) is 6.88. The maximum Gasteiger partial charge on any atom is 0.119 e. The second kappa shape index (κ2) is 10.2. The van der Waals surface area contributed by atoms with Crippen molar-refractivity contribution in [1.29, 1.82) is 0 Å². The second-order valence-corrected chi connectivity index (χ2v) is 7.22. The van der Waals surface area contributed by atoms with Crippen LogP contribution >= 0.6 is 0 Å². The summed E-state index contributed by atoms with van der Waals surface area (Å²) in [6.07, 6.45) is 4.07. The Balaban J connectivity index is 1.74. The zero-order valence-electron chi connectivity index (χ0n) is 17.6. The summed E-state index contributed by atoms with van der Waals surface area (Å²) in [5.74, 6) is 0.928. The third-order valence-electron chi connectivity index (χ3n) is 5.19. The van der Waals surface area contributed by atoms with Gasteiger partial charge in [0.2, 0.25) is 0 Å². The zero-order valence-corrected chi connectivity index (χ0v) is 17.6. The van der Waals surface area contributed by atoms with Gasteiger partial charge in [0.05, 0.1) is 12.8 Å². The molecule has 2 nitrogen and oxygen atoms in total. The Morgan fingerprint density at radius 2 is 1.23 bits per heavy atom. The van der Waals surface area contributed by atoms with E-state index in [2.05, 4.69) is 66.7 Å². The first-order valence-electron chi connectivity index (χ1n) is 10.4. The van der Waals surface area contributed by atoms with Crippen molar-refractivity contribution in [1.82, 2.24) is 0 Å². The summed E-state index contributed by atoms with van der Waals surface area (Å²) >= 11 is 0. The van der Waals surface area contributed by atoms with Crippen LogP contribution in [0.2, 0.25) is 0 Å². The molecular weight excluding hydrogens is 378 g/mol. The molecule has 31 heavy (non-hydrogen) atoms. The highest BCUT2D eigenvalue weighted by molar-refractivity contribution is 6.13. The molecule has 0 bridgehead atoms. The lowest BCUT2D eigenvalue weighted by atomic mass is 9.91. The number of methoxy groups -OCH3 is 1. The molecule has 0 amide bonds. The van der Waals surface area contributed by atoms with Crippen LogP contribution in [0.1, 0.15) is 28.2 Å². The standard InChI is InChI=1S/C29H25NO/c1-31-27-19-11-18-26(22-27)28(23-12-5-2-6-13-23)20-21-30-29(24-14-7-3-8-15-24)25-16-9-4-10-17-25/h2-22,28H,1H3/b21-20+. The van der Waals surface area contributed by atoms with Crippen LogP contribution in [-0.4, -0.2) is 12.8 Å². The molecule has 0 heterocycles. The normalized spacial score (nSPS) is 11.8. The largest absolute Gasteiger partial charge is 0.497 e. The molecule has 0 spiro atoms. The maximum atomic E-state index is 5.45. The average Bonchev–Trinajstić information content (AvgIpc) is 2.86. The lowest BCUT2D eigenvalue weighted by molar-refractivity contribution is 0.414. The van der Waals surface area contributed by atoms with Gasteiger partial charge in [-0.15, -0.1) is 0 Å². The molecule has 0 N–H and O–H groups in total. The molecule has 0 aliphatic heterocycles. The summed E-state index contributed by atoms with van der Waals surface area (Å²) in [6, 6.07) is 39.3. The van der Waals surface area contributed by atoms with Crippen LogP contribution in [-0.2, 0) is 0 Å². The highest BCUT2D eigenvalue weighted by Gasteiger charge is 2.12. The van der Waals surface area contributed by atoms with Crippen molar-refractivity contribution in [2.75, 3.05) is 7.11 Å². The smallest absolute Gasteiger partial charge is 0.119 e. The van der Waals surface area contributed by atoms with Crippen LogP contribution in [0, 0.1) is 0 Å². The average molecular weight is 404 g/mol. The van der Waals surface area contributed by atoms with Gasteiger partial charge in [0, 0.05) is 23.2 Å². The fourth-order valence-corrected chi connectivity index (χ4v) is 3.62. The molecule has 0 aliphatic carbocycles. The van der Waals surface area contributed by atoms with E-state index in [0.717, 1.165) is 28.2 Å². The van der Waals surface area contributed by atoms with E-state index in [1.165, 1.54) is 5.56 Å². The molecule has 0 fully saturated rings. The van der Waals surface area contributed by atoms with E-state index in [0.29, 0.717) is 0 Å². The fourth-order valence-electron chi connectivity index (χ4n) is 3.62. The molecule has 0 saturated heterocycles. The summed E-state index contributed by atoms with van der Waals surface area (Å²) in [5.41, 5.74) is 5.52. The van der Waals surface area contributed by atoms with Gasteiger partial charge in [0.1, 0.15) is 5.75 Å². The Morgan fingerprint density at radius 1 is 0.677 bits per heavy atom. The van der Waals surface area contributed by atoms with Crippen molar-refractivity contribution < 1.29 is 4.74 Å². The van der Waals surface area contributed by atoms with E-state index in [9.17, 15) is 0 Å². The molecular formula is C29H25NO. The van der Waals surface area contributed by atoms with Crippen LogP contribution in [0.3, 0.4) is 0 Å². The van der Waals surface area contributed by atoms with E-state index in [4.69, 9.17) is 9.73 Å². The molecule has 4 aromatic carbocycles. The Kier molecular flexibility index (Phi) is 6.71. The summed E-state index contributed by atoms with van der Waals surface area (Å²) < 4.78 is 5.45. The number of allylic oxidation sites excluding steroid dienone is 1. The van der Waals surface area contributed by atoms with Crippen LogP contribution < -0.4 is 4.74 Å². The number of rotatable bonds is 7. The number of hydrogen-bond acceptors (Lipinski definition) is 2. The second-order valence-electron chi connectivity index (χ2n) is 7.22. The van der Waals surface area contributed by atoms with Gasteiger partial charge < -0.3 is 4.74 Å².